The molecule has 0 bridgehead atoms. The molecule has 0 fully saturated rings. The van der Waals surface area contributed by atoms with Gasteiger partial charge in [-0.15, -0.1) is 0 Å². The lowest BCUT2D eigenvalue weighted by molar-refractivity contribution is -0.633. The van der Waals surface area contributed by atoms with E-state index in [-0.39, 0.29) is 10.9 Å². The second kappa shape index (κ2) is 7.76. The summed E-state index contributed by atoms with van der Waals surface area (Å²) in [7, 11) is 0.274. The van der Waals surface area contributed by atoms with Crippen LogP contribution in [0.15, 0.2) is 52.9 Å². The summed E-state index contributed by atoms with van der Waals surface area (Å²) in [4.78, 5) is 0. The van der Waals surface area contributed by atoms with E-state index in [2.05, 4.69) is 95.7 Å². The molecule has 180 valence electrons. The van der Waals surface area contributed by atoms with Gasteiger partial charge < -0.3 is 4.42 Å². The van der Waals surface area contributed by atoms with Gasteiger partial charge in [0.1, 0.15) is 24.0 Å². The number of benzene rings is 3. The van der Waals surface area contributed by atoms with Crippen LogP contribution < -0.4 is 9.75 Å². The summed E-state index contributed by atoms with van der Waals surface area (Å²) >= 11 is 0. The summed E-state index contributed by atoms with van der Waals surface area (Å²) in [6, 6.07) is 16.8. The number of fused-ring (bicyclic) bond motifs is 4. The van der Waals surface area contributed by atoms with Crippen molar-refractivity contribution in [3.63, 3.8) is 0 Å². The fourth-order valence-electron chi connectivity index (χ4n) is 5.22. The van der Waals surface area contributed by atoms with E-state index in [1.807, 2.05) is 6.07 Å². The molecule has 2 heterocycles. The predicted molar refractivity (Wildman–Crippen MR) is 149 cm³/mol. The SMILES string of the molecule is Cc1cc2c(oc3c(C)c(F)ccc32)c(-c2cc([Si](C)(C)C(C)(C)C)c3ccccc3[n+]2C)c1C. The molecule has 5 rings (SSSR count). The predicted octanol–water partition coefficient (Wildman–Crippen LogP) is 8.01. The zero-order chi connectivity index (χ0) is 25.4. The van der Waals surface area contributed by atoms with E-state index in [4.69, 9.17) is 4.42 Å². The van der Waals surface area contributed by atoms with Crippen molar-refractivity contribution in [2.45, 2.75) is 59.7 Å². The number of aromatic nitrogens is 1. The van der Waals surface area contributed by atoms with Gasteiger partial charge in [-0.3, -0.25) is 0 Å². The third kappa shape index (κ3) is 3.37. The summed E-state index contributed by atoms with van der Waals surface area (Å²) in [5.74, 6) is -0.233. The first-order valence-electron chi connectivity index (χ1n) is 12.4. The van der Waals surface area contributed by atoms with Gasteiger partial charge >= 0.3 is 0 Å². The molecule has 0 atom stereocenters. The topological polar surface area (TPSA) is 17.0 Å². The molecule has 0 unspecified atom stereocenters. The van der Waals surface area contributed by atoms with Crippen LogP contribution in [0.25, 0.3) is 44.1 Å². The standard InChI is InChI=1S/C31H35FNOSi/c1-18-16-23-21-14-15-24(32)20(3)29(21)34-30(23)28(19(18)2)26-17-27(35(8,9)31(4,5)6)22-12-10-11-13-25(22)33(26)7/h10-17H,1-9H3/q+1. The van der Waals surface area contributed by atoms with Crippen LogP contribution in [-0.4, -0.2) is 8.07 Å². The van der Waals surface area contributed by atoms with Crippen molar-refractivity contribution < 1.29 is 13.4 Å². The zero-order valence-corrected chi connectivity index (χ0v) is 23.4. The maximum Gasteiger partial charge on any atom is 0.216 e. The second-order valence-electron chi connectivity index (χ2n) is 11.6. The summed E-state index contributed by atoms with van der Waals surface area (Å²) in [5.41, 5.74) is 7.90. The first-order valence-corrected chi connectivity index (χ1v) is 15.4. The fourth-order valence-corrected chi connectivity index (χ4v) is 7.41. The molecule has 0 aliphatic carbocycles. The maximum atomic E-state index is 14.4. The molecule has 0 saturated heterocycles. The molecule has 0 aliphatic rings. The second-order valence-corrected chi connectivity index (χ2v) is 16.9. The van der Waals surface area contributed by atoms with Crippen molar-refractivity contribution in [2.75, 3.05) is 0 Å². The first kappa shape index (κ1) is 23.7. The molecule has 0 N–H and O–H groups in total. The van der Waals surface area contributed by atoms with Gasteiger partial charge in [-0.1, -0.05) is 46.0 Å². The Balaban J connectivity index is 1.98. The molecule has 0 saturated carbocycles. The highest BCUT2D eigenvalue weighted by molar-refractivity contribution is 6.93. The molecule has 0 spiro atoms. The van der Waals surface area contributed by atoms with Crippen LogP contribution in [0.4, 0.5) is 4.39 Å². The van der Waals surface area contributed by atoms with E-state index >= 15 is 0 Å². The quantitative estimate of drug-likeness (QED) is 0.183. The van der Waals surface area contributed by atoms with Gasteiger partial charge in [-0.05, 0) is 66.4 Å². The minimum absolute atomic E-state index is 0.192. The lowest BCUT2D eigenvalue weighted by Crippen LogP contribution is -2.51. The molecular weight excluding hydrogens is 449 g/mol. The molecule has 0 aliphatic heterocycles. The van der Waals surface area contributed by atoms with Crippen molar-refractivity contribution in [3.05, 3.63) is 71.0 Å². The van der Waals surface area contributed by atoms with Crippen LogP contribution in [0.3, 0.4) is 0 Å². The number of para-hydroxylation sites is 1. The highest BCUT2D eigenvalue weighted by Gasteiger charge is 2.40. The molecule has 2 nitrogen and oxygen atoms in total. The molecule has 0 radical (unpaired) electrons. The fraction of sp³-hybridized carbons (Fsp3) is 0.323. The number of furan rings is 1. The number of hydrogen-bond acceptors (Lipinski definition) is 1. The summed E-state index contributed by atoms with van der Waals surface area (Å²) < 4.78 is 23.2. The van der Waals surface area contributed by atoms with Gasteiger partial charge in [-0.2, -0.15) is 4.57 Å². The van der Waals surface area contributed by atoms with Gasteiger partial charge in [0.05, 0.1) is 13.6 Å². The van der Waals surface area contributed by atoms with Gasteiger partial charge in [0.25, 0.3) is 0 Å². The Morgan fingerprint density at radius 3 is 2.20 bits per heavy atom. The van der Waals surface area contributed by atoms with Crippen molar-refractivity contribution in [3.8, 4) is 11.3 Å². The number of rotatable bonds is 2. The highest BCUT2D eigenvalue weighted by atomic mass is 28.3. The Bertz CT molecular complexity index is 1650. The molecule has 3 aromatic carbocycles. The lowest BCUT2D eigenvalue weighted by atomic mass is 9.95. The monoisotopic (exact) mass is 484 g/mol. The number of nitrogens with zero attached hydrogens (tertiary/aromatic N) is 1. The third-order valence-corrected chi connectivity index (χ3v) is 14.1. The van der Waals surface area contributed by atoms with Gasteiger partial charge in [0.2, 0.25) is 11.2 Å². The Kier molecular flexibility index (Phi) is 5.26. The Morgan fingerprint density at radius 2 is 1.51 bits per heavy atom. The van der Waals surface area contributed by atoms with Crippen LogP contribution in [0.5, 0.6) is 0 Å². The van der Waals surface area contributed by atoms with E-state index in [0.29, 0.717) is 11.1 Å². The van der Waals surface area contributed by atoms with E-state index in [0.717, 1.165) is 27.6 Å². The van der Waals surface area contributed by atoms with Crippen molar-refractivity contribution in [1.29, 1.82) is 0 Å². The third-order valence-electron chi connectivity index (χ3n) is 8.64. The van der Waals surface area contributed by atoms with Crippen LogP contribution in [-0.2, 0) is 7.05 Å². The largest absolute Gasteiger partial charge is 0.455 e. The van der Waals surface area contributed by atoms with Gasteiger partial charge in [0.15, 0.2) is 0 Å². The van der Waals surface area contributed by atoms with Crippen molar-refractivity contribution in [1.82, 2.24) is 0 Å². The lowest BCUT2D eigenvalue weighted by Gasteiger charge is -2.38. The van der Waals surface area contributed by atoms with E-state index < -0.39 is 8.07 Å². The average molecular weight is 485 g/mol. The molecule has 5 aromatic rings. The van der Waals surface area contributed by atoms with Crippen molar-refractivity contribution in [2.24, 2.45) is 7.05 Å². The van der Waals surface area contributed by atoms with Crippen LogP contribution in [0.1, 0.15) is 37.5 Å². The Hall–Kier alpha value is -2.98. The first-order chi connectivity index (χ1) is 16.3. The average Bonchev–Trinajstić information content (AvgIpc) is 3.16. The molecular formula is C31H35FNOSi+. The van der Waals surface area contributed by atoms with Crippen LogP contribution in [0.2, 0.25) is 18.1 Å². The molecule has 0 amide bonds. The number of hydrogen-bond donors (Lipinski definition) is 0. The van der Waals surface area contributed by atoms with Gasteiger partial charge in [-0.25, -0.2) is 4.39 Å². The Labute approximate surface area is 208 Å². The van der Waals surface area contributed by atoms with E-state index in [1.54, 1.807) is 13.0 Å². The smallest absolute Gasteiger partial charge is 0.216 e. The molecule has 4 heteroatoms. The normalized spacial score (nSPS) is 12.9. The molecule has 35 heavy (non-hydrogen) atoms. The van der Waals surface area contributed by atoms with E-state index in [9.17, 15) is 4.39 Å². The van der Waals surface area contributed by atoms with E-state index in [1.165, 1.54) is 27.2 Å². The van der Waals surface area contributed by atoms with Crippen LogP contribution >= 0.6 is 0 Å². The summed E-state index contributed by atoms with van der Waals surface area (Å²) in [6.45, 7) is 18.2. The number of aryl methyl sites for hydroxylation is 3. The minimum atomic E-state index is -1.87. The summed E-state index contributed by atoms with van der Waals surface area (Å²) in [5, 5.41) is 4.99. The van der Waals surface area contributed by atoms with Gasteiger partial charge in [0, 0.05) is 33.9 Å². The number of pyridine rings is 1. The van der Waals surface area contributed by atoms with Crippen LogP contribution in [0, 0.1) is 26.6 Å². The Morgan fingerprint density at radius 1 is 0.829 bits per heavy atom. The highest BCUT2D eigenvalue weighted by Crippen LogP contribution is 2.41. The maximum absolute atomic E-state index is 14.4. The molecule has 2 aromatic heterocycles. The zero-order valence-electron chi connectivity index (χ0n) is 22.4. The number of halogens is 1. The summed E-state index contributed by atoms with van der Waals surface area (Å²) in [6.07, 6.45) is 0. The minimum Gasteiger partial charge on any atom is -0.455 e. The van der Waals surface area contributed by atoms with Crippen molar-refractivity contribution >= 4 is 46.1 Å².